The van der Waals surface area contributed by atoms with Crippen molar-refractivity contribution in [3.05, 3.63) is 71.6 Å². The van der Waals surface area contributed by atoms with E-state index in [-0.39, 0.29) is 11.9 Å². The molecule has 0 saturated carbocycles. The molecule has 0 atom stereocenters. The van der Waals surface area contributed by atoms with Crippen molar-refractivity contribution >= 4 is 18.0 Å². The van der Waals surface area contributed by atoms with E-state index in [1.807, 2.05) is 36.4 Å². The van der Waals surface area contributed by atoms with Crippen molar-refractivity contribution in [2.75, 3.05) is 7.11 Å². The Morgan fingerprint density at radius 3 is 2.62 bits per heavy atom. The van der Waals surface area contributed by atoms with Crippen LogP contribution in [0.15, 0.2) is 54.9 Å². The number of ether oxygens (including phenoxy) is 1. The Bertz CT molecular complexity index is 694. The van der Waals surface area contributed by atoms with Gasteiger partial charge in [0.1, 0.15) is 0 Å². The third-order valence-electron chi connectivity index (χ3n) is 3.44. The van der Waals surface area contributed by atoms with Gasteiger partial charge in [0.2, 0.25) is 5.91 Å². The van der Waals surface area contributed by atoms with Crippen LogP contribution >= 0.6 is 0 Å². The summed E-state index contributed by atoms with van der Waals surface area (Å²) < 4.78 is 4.62. The zero-order valence-corrected chi connectivity index (χ0v) is 13.6. The van der Waals surface area contributed by atoms with E-state index in [0.717, 1.165) is 16.7 Å². The van der Waals surface area contributed by atoms with Crippen LogP contribution in [0.2, 0.25) is 0 Å². The molecule has 0 radical (unpaired) electrons. The van der Waals surface area contributed by atoms with Gasteiger partial charge in [0, 0.05) is 31.4 Å². The van der Waals surface area contributed by atoms with Crippen LogP contribution in [-0.2, 0) is 27.3 Å². The van der Waals surface area contributed by atoms with Crippen LogP contribution in [0.5, 0.6) is 0 Å². The summed E-state index contributed by atoms with van der Waals surface area (Å²) in [4.78, 5) is 26.9. The second-order valence-corrected chi connectivity index (χ2v) is 5.23. The van der Waals surface area contributed by atoms with Crippen molar-refractivity contribution in [1.29, 1.82) is 0 Å². The minimum absolute atomic E-state index is 0.159. The molecule has 5 nitrogen and oxygen atoms in total. The van der Waals surface area contributed by atoms with Gasteiger partial charge in [0.25, 0.3) is 0 Å². The van der Waals surface area contributed by atoms with E-state index in [1.54, 1.807) is 18.5 Å². The van der Waals surface area contributed by atoms with Crippen LogP contribution in [0.25, 0.3) is 6.08 Å². The predicted octanol–water partition coefficient (Wildman–Crippen LogP) is 2.52. The SMILES string of the molecule is COC(=O)CCc1ccc(C=CC(=O)NCc2cccnc2)cc1. The molecule has 0 spiro atoms. The van der Waals surface area contributed by atoms with Crippen molar-refractivity contribution in [3.8, 4) is 0 Å². The van der Waals surface area contributed by atoms with Crippen molar-refractivity contribution in [3.63, 3.8) is 0 Å². The minimum Gasteiger partial charge on any atom is -0.469 e. The topological polar surface area (TPSA) is 68.3 Å². The normalized spacial score (nSPS) is 10.5. The van der Waals surface area contributed by atoms with E-state index in [4.69, 9.17) is 0 Å². The van der Waals surface area contributed by atoms with E-state index in [0.29, 0.717) is 19.4 Å². The lowest BCUT2D eigenvalue weighted by atomic mass is 10.1. The molecule has 5 heteroatoms. The maximum absolute atomic E-state index is 11.8. The Morgan fingerprint density at radius 1 is 1.17 bits per heavy atom. The number of esters is 1. The number of rotatable bonds is 7. The van der Waals surface area contributed by atoms with Gasteiger partial charge in [0.15, 0.2) is 0 Å². The average Bonchev–Trinajstić information content (AvgIpc) is 2.64. The molecule has 1 N–H and O–H groups in total. The van der Waals surface area contributed by atoms with Gasteiger partial charge in [0.05, 0.1) is 7.11 Å². The first-order valence-corrected chi connectivity index (χ1v) is 7.68. The molecule has 1 aromatic heterocycles. The molecule has 0 fully saturated rings. The Hall–Kier alpha value is -2.95. The van der Waals surface area contributed by atoms with E-state index >= 15 is 0 Å². The number of nitrogens with one attached hydrogen (secondary N) is 1. The van der Waals surface area contributed by atoms with Gasteiger partial charge in [-0.2, -0.15) is 0 Å². The van der Waals surface area contributed by atoms with Gasteiger partial charge in [-0.15, -0.1) is 0 Å². The lowest BCUT2D eigenvalue weighted by Gasteiger charge is -2.02. The van der Waals surface area contributed by atoms with Crippen molar-refractivity contribution < 1.29 is 14.3 Å². The van der Waals surface area contributed by atoms with E-state index in [2.05, 4.69) is 15.0 Å². The zero-order valence-electron chi connectivity index (χ0n) is 13.6. The monoisotopic (exact) mass is 324 g/mol. The maximum atomic E-state index is 11.8. The second-order valence-electron chi connectivity index (χ2n) is 5.23. The highest BCUT2D eigenvalue weighted by atomic mass is 16.5. The molecular formula is C19H20N2O3. The van der Waals surface area contributed by atoms with Crippen LogP contribution in [0, 0.1) is 0 Å². The number of carbonyl (C=O) groups excluding carboxylic acids is 2. The number of carbonyl (C=O) groups is 2. The summed E-state index contributed by atoms with van der Waals surface area (Å²) in [5.41, 5.74) is 2.93. The lowest BCUT2D eigenvalue weighted by Crippen LogP contribution is -2.20. The highest BCUT2D eigenvalue weighted by Gasteiger charge is 2.01. The first-order valence-electron chi connectivity index (χ1n) is 7.68. The number of aryl methyl sites for hydroxylation is 1. The molecule has 1 amide bonds. The zero-order chi connectivity index (χ0) is 17.2. The third kappa shape index (κ3) is 6.04. The predicted molar refractivity (Wildman–Crippen MR) is 91.9 cm³/mol. The molecule has 0 unspecified atom stereocenters. The van der Waals surface area contributed by atoms with Gasteiger partial charge < -0.3 is 10.1 Å². The van der Waals surface area contributed by atoms with Crippen LogP contribution in [0.4, 0.5) is 0 Å². The number of amides is 1. The summed E-state index contributed by atoms with van der Waals surface area (Å²) in [5.74, 6) is -0.377. The number of hydrogen-bond acceptors (Lipinski definition) is 4. The minimum atomic E-state index is -0.218. The van der Waals surface area contributed by atoms with E-state index in [1.165, 1.54) is 13.2 Å². The number of benzene rings is 1. The summed E-state index contributed by atoms with van der Waals surface area (Å²) in [6.45, 7) is 0.448. The highest BCUT2D eigenvalue weighted by Crippen LogP contribution is 2.08. The first kappa shape index (κ1) is 17.4. The number of aromatic nitrogens is 1. The van der Waals surface area contributed by atoms with Gasteiger partial charge in [-0.1, -0.05) is 30.3 Å². The molecule has 2 aromatic rings. The molecule has 124 valence electrons. The number of nitrogens with zero attached hydrogens (tertiary/aromatic N) is 1. The van der Waals surface area contributed by atoms with Crippen LogP contribution in [-0.4, -0.2) is 24.0 Å². The standard InChI is InChI=1S/C19H20N2O3/c1-24-19(23)11-9-16-6-4-15(5-7-16)8-10-18(22)21-14-17-3-2-12-20-13-17/h2-8,10,12-13H,9,11,14H2,1H3,(H,21,22). The fourth-order valence-electron chi connectivity index (χ4n) is 2.07. The van der Waals surface area contributed by atoms with Crippen molar-refractivity contribution in [1.82, 2.24) is 10.3 Å². The number of hydrogen-bond donors (Lipinski definition) is 1. The fourth-order valence-corrected chi connectivity index (χ4v) is 2.07. The molecule has 0 aliphatic rings. The first-order chi connectivity index (χ1) is 11.7. The van der Waals surface area contributed by atoms with Crippen LogP contribution < -0.4 is 5.32 Å². The van der Waals surface area contributed by atoms with E-state index in [9.17, 15) is 9.59 Å². The Labute approximate surface area is 141 Å². The Kier molecular flexibility index (Phi) is 6.71. The summed E-state index contributed by atoms with van der Waals surface area (Å²) in [7, 11) is 1.38. The smallest absolute Gasteiger partial charge is 0.305 e. The van der Waals surface area contributed by atoms with Crippen LogP contribution in [0.1, 0.15) is 23.1 Å². The molecule has 0 bridgehead atoms. The molecule has 0 saturated heterocycles. The largest absolute Gasteiger partial charge is 0.469 e. The average molecular weight is 324 g/mol. The summed E-state index contributed by atoms with van der Waals surface area (Å²) in [6.07, 6.45) is 7.67. The van der Waals surface area contributed by atoms with Crippen molar-refractivity contribution in [2.24, 2.45) is 0 Å². The van der Waals surface area contributed by atoms with E-state index < -0.39 is 0 Å². The number of methoxy groups -OCH3 is 1. The lowest BCUT2D eigenvalue weighted by molar-refractivity contribution is -0.140. The fraction of sp³-hybridized carbons (Fsp3) is 0.211. The third-order valence-corrected chi connectivity index (χ3v) is 3.44. The molecule has 1 aromatic carbocycles. The maximum Gasteiger partial charge on any atom is 0.305 e. The molecule has 1 heterocycles. The van der Waals surface area contributed by atoms with Gasteiger partial charge in [-0.25, -0.2) is 0 Å². The summed E-state index contributed by atoms with van der Waals surface area (Å²) in [5, 5.41) is 2.80. The summed E-state index contributed by atoms with van der Waals surface area (Å²) >= 11 is 0. The van der Waals surface area contributed by atoms with Crippen molar-refractivity contribution in [2.45, 2.75) is 19.4 Å². The molecule has 0 aliphatic heterocycles. The Balaban J connectivity index is 1.80. The number of pyridine rings is 1. The highest BCUT2D eigenvalue weighted by molar-refractivity contribution is 5.91. The summed E-state index contributed by atoms with van der Waals surface area (Å²) in [6, 6.07) is 11.4. The quantitative estimate of drug-likeness (QED) is 0.628. The molecular weight excluding hydrogens is 304 g/mol. The molecule has 24 heavy (non-hydrogen) atoms. The van der Waals surface area contributed by atoms with Gasteiger partial charge >= 0.3 is 5.97 Å². The molecule has 2 rings (SSSR count). The second kappa shape index (κ2) is 9.25. The Morgan fingerprint density at radius 2 is 1.96 bits per heavy atom. The van der Waals surface area contributed by atoms with Crippen LogP contribution in [0.3, 0.4) is 0 Å². The molecule has 0 aliphatic carbocycles. The van der Waals surface area contributed by atoms with Gasteiger partial charge in [-0.3, -0.25) is 14.6 Å². The van der Waals surface area contributed by atoms with Gasteiger partial charge in [-0.05, 0) is 35.3 Å².